The lowest BCUT2D eigenvalue weighted by molar-refractivity contribution is 0.200. The van der Waals surface area contributed by atoms with Gasteiger partial charge in [0.05, 0.1) is 18.3 Å². The molecule has 152 valence electrons. The minimum atomic E-state index is -0.244. The fourth-order valence-electron chi connectivity index (χ4n) is 3.24. The van der Waals surface area contributed by atoms with Gasteiger partial charge in [0.1, 0.15) is 5.52 Å². The summed E-state index contributed by atoms with van der Waals surface area (Å²) in [7, 11) is 1.50. The summed E-state index contributed by atoms with van der Waals surface area (Å²) in [5.74, 6) is 1.29. The Kier molecular flexibility index (Phi) is 5.24. The first kappa shape index (κ1) is 19.4. The summed E-state index contributed by atoms with van der Waals surface area (Å²) in [4.78, 5) is 34.3. The fraction of sp³-hybridized carbons (Fsp3) is 0.353. The number of nitrogens with one attached hydrogen (secondary N) is 1. The number of methoxy groups -OCH3 is 1. The van der Waals surface area contributed by atoms with Gasteiger partial charge in [0.15, 0.2) is 15.8 Å². The summed E-state index contributed by atoms with van der Waals surface area (Å²) in [6.45, 7) is 3.62. The van der Waals surface area contributed by atoms with E-state index in [0.717, 1.165) is 10.3 Å². The van der Waals surface area contributed by atoms with Gasteiger partial charge in [-0.25, -0.2) is 14.8 Å². The number of nitrogens with two attached hydrogens (primary N) is 1. The third kappa shape index (κ3) is 3.83. The van der Waals surface area contributed by atoms with Gasteiger partial charge >= 0.3 is 6.03 Å². The van der Waals surface area contributed by atoms with Crippen LogP contribution in [0.2, 0.25) is 5.15 Å². The van der Waals surface area contributed by atoms with Crippen molar-refractivity contribution < 1.29 is 9.53 Å². The summed E-state index contributed by atoms with van der Waals surface area (Å²) < 4.78 is 5.02. The summed E-state index contributed by atoms with van der Waals surface area (Å²) in [5, 5.41) is 2.98. The maximum Gasteiger partial charge on any atom is 0.322 e. The molecular formula is C17H19ClN8O2S. The van der Waals surface area contributed by atoms with E-state index in [-0.39, 0.29) is 23.2 Å². The Balaban J connectivity index is 1.47. The van der Waals surface area contributed by atoms with Crippen molar-refractivity contribution in [3.8, 4) is 5.88 Å². The number of hydrogen-bond donors (Lipinski definition) is 2. The van der Waals surface area contributed by atoms with E-state index in [2.05, 4.69) is 30.2 Å². The molecule has 0 aromatic carbocycles. The number of hydrogen-bond acceptors (Lipinski definition) is 9. The molecular weight excluding hydrogens is 416 g/mol. The summed E-state index contributed by atoms with van der Waals surface area (Å²) in [6, 6.07) is 3.07. The molecule has 4 rings (SSSR count). The summed E-state index contributed by atoms with van der Waals surface area (Å²) >= 11 is 7.54. The standard InChI is InChI=1S/C17H19ClN8O2S/c1-9-7-25(17(27)21-10-3-4-11(28-2)22-13(10)18)5-6-26(9)14-12-15(29-8-20-12)24-16(19)23-14/h3-4,8-9H,5-7H2,1-2H3,(H,21,27)(H2,19,23,24). The molecule has 1 saturated heterocycles. The summed E-state index contributed by atoms with van der Waals surface area (Å²) in [6.07, 6.45) is 0. The Bertz CT molecular complexity index is 1060. The first-order valence-electron chi connectivity index (χ1n) is 8.86. The molecule has 1 atom stereocenters. The number of pyridine rings is 1. The Morgan fingerprint density at radius 2 is 2.17 bits per heavy atom. The number of amides is 2. The Morgan fingerprint density at radius 3 is 2.90 bits per heavy atom. The van der Waals surface area contributed by atoms with E-state index in [1.807, 2.05) is 6.92 Å². The van der Waals surface area contributed by atoms with Crippen molar-refractivity contribution in [3.05, 3.63) is 22.8 Å². The van der Waals surface area contributed by atoms with Crippen LogP contribution >= 0.6 is 22.9 Å². The number of rotatable bonds is 3. The maximum absolute atomic E-state index is 12.7. The van der Waals surface area contributed by atoms with Gasteiger partial charge in [0.2, 0.25) is 11.8 Å². The monoisotopic (exact) mass is 434 g/mol. The number of carbonyl (C=O) groups excluding carboxylic acids is 1. The van der Waals surface area contributed by atoms with Crippen molar-refractivity contribution in [2.24, 2.45) is 0 Å². The van der Waals surface area contributed by atoms with Crippen LogP contribution in [0.15, 0.2) is 17.6 Å². The van der Waals surface area contributed by atoms with Gasteiger partial charge < -0.3 is 25.6 Å². The molecule has 0 spiro atoms. The fourth-order valence-corrected chi connectivity index (χ4v) is 4.09. The van der Waals surface area contributed by atoms with Gasteiger partial charge in [-0.3, -0.25) is 0 Å². The molecule has 1 aliphatic heterocycles. The van der Waals surface area contributed by atoms with Crippen LogP contribution in [-0.4, -0.2) is 63.7 Å². The van der Waals surface area contributed by atoms with Gasteiger partial charge in [0, 0.05) is 31.7 Å². The number of urea groups is 1. The van der Waals surface area contributed by atoms with Crippen molar-refractivity contribution in [3.63, 3.8) is 0 Å². The van der Waals surface area contributed by atoms with Crippen LogP contribution in [0, 0.1) is 0 Å². The molecule has 0 saturated carbocycles. The number of fused-ring (bicyclic) bond motifs is 1. The molecule has 29 heavy (non-hydrogen) atoms. The third-order valence-electron chi connectivity index (χ3n) is 4.66. The topological polar surface area (TPSA) is 122 Å². The van der Waals surface area contributed by atoms with Crippen LogP contribution in [0.5, 0.6) is 5.88 Å². The molecule has 3 aromatic rings. The van der Waals surface area contributed by atoms with Crippen LogP contribution in [0.4, 0.5) is 22.2 Å². The van der Waals surface area contributed by atoms with Crippen LogP contribution < -0.4 is 20.7 Å². The highest BCUT2D eigenvalue weighted by atomic mass is 35.5. The SMILES string of the molecule is COc1ccc(NC(=O)N2CCN(c3nc(N)nc4scnc34)C(C)C2)c(Cl)n1. The number of piperazine rings is 1. The highest BCUT2D eigenvalue weighted by Crippen LogP contribution is 2.29. The van der Waals surface area contributed by atoms with Gasteiger partial charge in [-0.2, -0.15) is 9.97 Å². The van der Waals surface area contributed by atoms with E-state index < -0.39 is 0 Å². The lowest BCUT2D eigenvalue weighted by atomic mass is 10.2. The van der Waals surface area contributed by atoms with E-state index in [1.54, 1.807) is 22.5 Å². The van der Waals surface area contributed by atoms with E-state index in [9.17, 15) is 4.79 Å². The number of halogens is 1. The zero-order chi connectivity index (χ0) is 20.5. The zero-order valence-electron chi connectivity index (χ0n) is 15.8. The first-order chi connectivity index (χ1) is 14.0. The quantitative estimate of drug-likeness (QED) is 0.602. The second kappa shape index (κ2) is 7.84. The largest absolute Gasteiger partial charge is 0.481 e. The van der Waals surface area contributed by atoms with E-state index in [4.69, 9.17) is 22.1 Å². The molecule has 0 bridgehead atoms. The minimum Gasteiger partial charge on any atom is -0.481 e. The Labute approximate surface area is 175 Å². The van der Waals surface area contributed by atoms with Crippen LogP contribution in [0.1, 0.15) is 6.92 Å². The predicted molar refractivity (Wildman–Crippen MR) is 113 cm³/mol. The molecule has 4 heterocycles. The van der Waals surface area contributed by atoms with Crippen molar-refractivity contribution in [1.29, 1.82) is 0 Å². The smallest absolute Gasteiger partial charge is 0.322 e. The van der Waals surface area contributed by atoms with E-state index >= 15 is 0 Å². The lowest BCUT2D eigenvalue weighted by Crippen LogP contribution is -2.55. The van der Waals surface area contributed by atoms with Crippen molar-refractivity contribution in [1.82, 2.24) is 24.8 Å². The Morgan fingerprint density at radius 1 is 1.34 bits per heavy atom. The lowest BCUT2D eigenvalue weighted by Gasteiger charge is -2.40. The van der Waals surface area contributed by atoms with Gasteiger partial charge in [-0.15, -0.1) is 11.3 Å². The van der Waals surface area contributed by atoms with E-state index in [1.165, 1.54) is 18.4 Å². The van der Waals surface area contributed by atoms with Gasteiger partial charge in [0.25, 0.3) is 0 Å². The number of thiazole rings is 1. The predicted octanol–water partition coefficient (Wildman–Crippen LogP) is 2.47. The van der Waals surface area contributed by atoms with Gasteiger partial charge in [-0.1, -0.05) is 11.6 Å². The minimum absolute atomic E-state index is 0.0122. The molecule has 3 aromatic heterocycles. The molecule has 2 amide bonds. The second-order valence-electron chi connectivity index (χ2n) is 6.52. The first-order valence-corrected chi connectivity index (χ1v) is 10.1. The highest BCUT2D eigenvalue weighted by molar-refractivity contribution is 7.16. The van der Waals surface area contributed by atoms with Crippen LogP contribution in [0.3, 0.4) is 0 Å². The molecule has 10 nitrogen and oxygen atoms in total. The molecule has 0 radical (unpaired) electrons. The number of carbonyl (C=O) groups is 1. The number of nitrogens with zero attached hydrogens (tertiary/aromatic N) is 6. The highest BCUT2D eigenvalue weighted by Gasteiger charge is 2.30. The third-order valence-corrected chi connectivity index (χ3v) is 5.66. The number of ether oxygens (including phenoxy) is 1. The molecule has 1 aliphatic rings. The maximum atomic E-state index is 12.7. The molecule has 12 heteroatoms. The van der Waals surface area contributed by atoms with Crippen molar-refractivity contribution in [2.75, 3.05) is 42.7 Å². The van der Waals surface area contributed by atoms with Crippen molar-refractivity contribution >= 4 is 56.8 Å². The normalized spacial score (nSPS) is 16.9. The molecule has 0 aliphatic carbocycles. The molecule has 1 fully saturated rings. The number of aromatic nitrogens is 4. The van der Waals surface area contributed by atoms with Crippen molar-refractivity contribution in [2.45, 2.75) is 13.0 Å². The Hall–Kier alpha value is -2.92. The average Bonchev–Trinajstić information content (AvgIpc) is 3.17. The van der Waals surface area contributed by atoms with Crippen LogP contribution in [-0.2, 0) is 0 Å². The summed E-state index contributed by atoms with van der Waals surface area (Å²) in [5.41, 5.74) is 8.74. The zero-order valence-corrected chi connectivity index (χ0v) is 17.4. The van der Waals surface area contributed by atoms with Crippen LogP contribution in [0.25, 0.3) is 10.3 Å². The average molecular weight is 435 g/mol. The number of anilines is 3. The molecule has 3 N–H and O–H groups in total. The van der Waals surface area contributed by atoms with E-state index in [0.29, 0.717) is 37.0 Å². The number of nitrogen functional groups attached to an aromatic ring is 1. The second-order valence-corrected chi connectivity index (χ2v) is 7.71. The van der Waals surface area contributed by atoms with Gasteiger partial charge in [-0.05, 0) is 13.0 Å². The molecule has 1 unspecified atom stereocenters.